The first-order valence-electron chi connectivity index (χ1n) is 7.43. The van der Waals surface area contributed by atoms with E-state index in [0.29, 0.717) is 11.8 Å². The molecule has 0 aromatic heterocycles. The Morgan fingerprint density at radius 3 is 2.47 bits per heavy atom. The van der Waals surface area contributed by atoms with Gasteiger partial charge in [-0.2, -0.15) is 0 Å². The molecule has 0 aliphatic rings. The molecular weight excluding hydrogens is 230 g/mol. The van der Waals surface area contributed by atoms with Gasteiger partial charge in [-0.15, -0.1) is 12.3 Å². The summed E-state index contributed by atoms with van der Waals surface area (Å²) in [6.07, 6.45) is 9.79. The zero-order chi connectivity index (χ0) is 13.9. The van der Waals surface area contributed by atoms with E-state index in [1.54, 1.807) is 0 Å². The molecule has 0 aliphatic heterocycles. The molecule has 19 heavy (non-hydrogen) atoms. The van der Waals surface area contributed by atoms with E-state index >= 15 is 0 Å². The summed E-state index contributed by atoms with van der Waals surface area (Å²) in [6.45, 7) is 6.65. The molecular formula is C18H27N. The Kier molecular flexibility index (Phi) is 8.02. The zero-order valence-corrected chi connectivity index (χ0v) is 12.4. The van der Waals surface area contributed by atoms with Crippen LogP contribution in [-0.2, 0) is 0 Å². The molecule has 1 rings (SSSR count). The van der Waals surface area contributed by atoms with E-state index in [4.69, 9.17) is 6.42 Å². The fourth-order valence-corrected chi connectivity index (χ4v) is 2.28. The maximum atomic E-state index is 5.31. The van der Waals surface area contributed by atoms with Crippen molar-refractivity contribution < 1.29 is 0 Å². The Labute approximate surface area is 118 Å². The summed E-state index contributed by atoms with van der Waals surface area (Å²) in [7, 11) is 0. The maximum absolute atomic E-state index is 5.31. The van der Waals surface area contributed by atoms with Crippen molar-refractivity contribution in [3.63, 3.8) is 0 Å². The van der Waals surface area contributed by atoms with Gasteiger partial charge in [-0.05, 0) is 36.8 Å². The predicted molar refractivity (Wildman–Crippen MR) is 84.2 cm³/mol. The van der Waals surface area contributed by atoms with Crippen molar-refractivity contribution in [3.05, 3.63) is 35.9 Å². The molecule has 1 N–H and O–H groups in total. The van der Waals surface area contributed by atoms with Crippen molar-refractivity contribution in [2.45, 2.75) is 45.4 Å². The molecule has 0 saturated carbocycles. The second-order valence-corrected chi connectivity index (χ2v) is 5.61. The van der Waals surface area contributed by atoms with Crippen LogP contribution in [0.2, 0.25) is 0 Å². The third-order valence-corrected chi connectivity index (χ3v) is 3.34. The fraction of sp³-hybridized carbons (Fsp3) is 0.556. The number of unbranched alkanes of at least 4 members (excludes halogenated alkanes) is 2. The van der Waals surface area contributed by atoms with Crippen LogP contribution in [0.25, 0.3) is 0 Å². The minimum absolute atomic E-state index is 0.609. The minimum atomic E-state index is 0.609. The molecule has 0 aliphatic carbocycles. The highest BCUT2D eigenvalue weighted by atomic mass is 14.9. The summed E-state index contributed by atoms with van der Waals surface area (Å²) in [5.41, 5.74) is 1.44. The molecule has 1 aromatic carbocycles. The number of hydrogen-bond donors (Lipinski definition) is 1. The van der Waals surface area contributed by atoms with E-state index in [2.05, 4.69) is 55.4 Å². The highest BCUT2D eigenvalue weighted by molar-refractivity contribution is 5.19. The average molecular weight is 257 g/mol. The lowest BCUT2D eigenvalue weighted by molar-refractivity contribution is 0.488. The smallest absolute Gasteiger partial charge is 0.00860 e. The van der Waals surface area contributed by atoms with Gasteiger partial charge in [0.2, 0.25) is 0 Å². The predicted octanol–water partition coefficient (Wildman–Crippen LogP) is 4.21. The molecule has 0 spiro atoms. The molecule has 0 radical (unpaired) electrons. The van der Waals surface area contributed by atoms with Crippen LogP contribution in [0.15, 0.2) is 30.3 Å². The molecule has 1 nitrogen and oxygen atoms in total. The Hall–Kier alpha value is -1.26. The van der Waals surface area contributed by atoms with E-state index in [9.17, 15) is 0 Å². The first kappa shape index (κ1) is 15.8. The lowest BCUT2D eigenvalue weighted by Gasteiger charge is -2.19. The van der Waals surface area contributed by atoms with Gasteiger partial charge in [0.15, 0.2) is 0 Å². The van der Waals surface area contributed by atoms with E-state index in [-0.39, 0.29) is 0 Å². The molecule has 0 amide bonds. The first-order valence-corrected chi connectivity index (χ1v) is 7.43. The van der Waals surface area contributed by atoms with Gasteiger partial charge in [0.05, 0.1) is 0 Å². The third kappa shape index (κ3) is 7.03. The lowest BCUT2D eigenvalue weighted by atomic mass is 9.93. The molecule has 0 fully saturated rings. The van der Waals surface area contributed by atoms with Crippen LogP contribution >= 0.6 is 0 Å². The number of rotatable bonds is 9. The first-order chi connectivity index (χ1) is 9.24. The van der Waals surface area contributed by atoms with Crippen LogP contribution in [0, 0.1) is 18.3 Å². The monoisotopic (exact) mass is 257 g/mol. The van der Waals surface area contributed by atoms with Crippen molar-refractivity contribution >= 4 is 0 Å². The van der Waals surface area contributed by atoms with Gasteiger partial charge < -0.3 is 5.32 Å². The highest BCUT2D eigenvalue weighted by Crippen LogP contribution is 2.21. The van der Waals surface area contributed by atoms with Crippen LogP contribution < -0.4 is 5.32 Å². The number of benzene rings is 1. The summed E-state index contributed by atoms with van der Waals surface area (Å²) in [5, 5.41) is 3.58. The van der Waals surface area contributed by atoms with Gasteiger partial charge in [0.1, 0.15) is 0 Å². The summed E-state index contributed by atoms with van der Waals surface area (Å²) < 4.78 is 0. The van der Waals surface area contributed by atoms with Gasteiger partial charge in [-0.3, -0.25) is 0 Å². The summed E-state index contributed by atoms with van der Waals surface area (Å²) in [5.74, 6) is 4.04. The van der Waals surface area contributed by atoms with Crippen LogP contribution in [0.1, 0.15) is 51.0 Å². The van der Waals surface area contributed by atoms with Crippen molar-refractivity contribution in [1.29, 1.82) is 0 Å². The summed E-state index contributed by atoms with van der Waals surface area (Å²) in [4.78, 5) is 0. The van der Waals surface area contributed by atoms with Gasteiger partial charge in [0, 0.05) is 13.0 Å². The molecule has 0 heterocycles. The van der Waals surface area contributed by atoms with Crippen LogP contribution in [0.5, 0.6) is 0 Å². The molecule has 1 aromatic rings. The van der Waals surface area contributed by atoms with Gasteiger partial charge in [-0.25, -0.2) is 0 Å². The van der Waals surface area contributed by atoms with Crippen molar-refractivity contribution in [2.75, 3.05) is 13.1 Å². The molecule has 1 unspecified atom stereocenters. The van der Waals surface area contributed by atoms with E-state index in [1.807, 2.05) is 0 Å². The SMILES string of the molecule is C#CCCCCC(CNCC(C)C)c1ccccc1. The second-order valence-electron chi connectivity index (χ2n) is 5.61. The van der Waals surface area contributed by atoms with Gasteiger partial charge in [0.25, 0.3) is 0 Å². The summed E-state index contributed by atoms with van der Waals surface area (Å²) in [6, 6.07) is 10.8. The normalized spacial score (nSPS) is 12.3. The van der Waals surface area contributed by atoms with Crippen LogP contribution in [0.4, 0.5) is 0 Å². The van der Waals surface area contributed by atoms with Crippen molar-refractivity contribution in [3.8, 4) is 12.3 Å². The Morgan fingerprint density at radius 1 is 1.11 bits per heavy atom. The quantitative estimate of drug-likeness (QED) is 0.516. The largest absolute Gasteiger partial charge is 0.316 e. The van der Waals surface area contributed by atoms with E-state index in [0.717, 1.165) is 25.9 Å². The Balaban J connectivity index is 2.46. The van der Waals surface area contributed by atoms with E-state index in [1.165, 1.54) is 18.4 Å². The topological polar surface area (TPSA) is 12.0 Å². The average Bonchev–Trinajstić information content (AvgIpc) is 2.42. The van der Waals surface area contributed by atoms with Crippen LogP contribution in [0.3, 0.4) is 0 Å². The third-order valence-electron chi connectivity index (χ3n) is 3.34. The molecule has 1 atom stereocenters. The van der Waals surface area contributed by atoms with E-state index < -0.39 is 0 Å². The highest BCUT2D eigenvalue weighted by Gasteiger charge is 2.10. The molecule has 0 bridgehead atoms. The molecule has 0 saturated heterocycles. The number of hydrogen-bond acceptors (Lipinski definition) is 1. The van der Waals surface area contributed by atoms with Crippen LogP contribution in [-0.4, -0.2) is 13.1 Å². The van der Waals surface area contributed by atoms with Crippen molar-refractivity contribution in [2.24, 2.45) is 5.92 Å². The van der Waals surface area contributed by atoms with Gasteiger partial charge >= 0.3 is 0 Å². The standard InChI is InChI=1S/C18H27N/c1-4-5-6-8-13-18(15-19-14-16(2)3)17-11-9-7-10-12-17/h1,7,9-12,16,18-19H,5-6,8,13-15H2,2-3H3. The fourth-order valence-electron chi connectivity index (χ4n) is 2.28. The summed E-state index contributed by atoms with van der Waals surface area (Å²) >= 11 is 0. The molecule has 1 heteroatoms. The molecule has 104 valence electrons. The minimum Gasteiger partial charge on any atom is -0.316 e. The number of nitrogens with one attached hydrogen (secondary N) is 1. The second kappa shape index (κ2) is 9.64. The number of terminal acetylenes is 1. The lowest BCUT2D eigenvalue weighted by Crippen LogP contribution is -2.25. The van der Waals surface area contributed by atoms with Gasteiger partial charge in [-0.1, -0.05) is 50.6 Å². The Bertz CT molecular complexity index is 361. The zero-order valence-electron chi connectivity index (χ0n) is 12.4. The maximum Gasteiger partial charge on any atom is 0.00860 e. The Morgan fingerprint density at radius 2 is 1.84 bits per heavy atom. The van der Waals surface area contributed by atoms with Crippen molar-refractivity contribution in [1.82, 2.24) is 5.32 Å².